The maximum absolute atomic E-state index is 12.1. The summed E-state index contributed by atoms with van der Waals surface area (Å²) in [6.07, 6.45) is -0.211. The first-order valence-electron chi connectivity index (χ1n) is 7.13. The van der Waals surface area contributed by atoms with Crippen LogP contribution < -0.4 is 5.32 Å². The lowest BCUT2D eigenvalue weighted by atomic mass is 10.1. The monoisotopic (exact) mass is 344 g/mol. The van der Waals surface area contributed by atoms with Crippen molar-refractivity contribution in [3.63, 3.8) is 0 Å². The molecule has 22 heavy (non-hydrogen) atoms. The first kappa shape index (κ1) is 17.1. The van der Waals surface area contributed by atoms with Crippen LogP contribution in [-0.4, -0.2) is 41.0 Å². The van der Waals surface area contributed by atoms with Gasteiger partial charge in [0.15, 0.2) is 6.10 Å². The number of nitrogens with one attached hydrogen (secondary N) is 1. The summed E-state index contributed by atoms with van der Waals surface area (Å²) in [5.74, 6) is -0.451. The van der Waals surface area contributed by atoms with Gasteiger partial charge in [-0.25, -0.2) is 0 Å². The third-order valence-electron chi connectivity index (χ3n) is 3.64. The summed E-state index contributed by atoms with van der Waals surface area (Å²) in [6, 6.07) is 4.38. The van der Waals surface area contributed by atoms with Gasteiger partial charge in [0.25, 0.3) is 5.91 Å². The molecule has 0 spiro atoms. The molecule has 0 radical (unpaired) electrons. The van der Waals surface area contributed by atoms with Crippen molar-refractivity contribution >= 4 is 35.0 Å². The number of aliphatic hydroxyl groups excluding tert-OH is 1. The molecule has 7 heteroatoms. The third kappa shape index (κ3) is 4.12. The molecule has 0 saturated carbocycles. The number of carbonyl (C=O) groups excluding carboxylic acids is 2. The summed E-state index contributed by atoms with van der Waals surface area (Å²) in [5, 5.41) is 13.6. The van der Waals surface area contributed by atoms with Crippen molar-refractivity contribution in [2.75, 3.05) is 13.1 Å². The van der Waals surface area contributed by atoms with Gasteiger partial charge in [-0.1, -0.05) is 30.1 Å². The summed E-state index contributed by atoms with van der Waals surface area (Å²) >= 11 is 11.7. The Morgan fingerprint density at radius 2 is 2.00 bits per heavy atom. The van der Waals surface area contributed by atoms with Crippen LogP contribution in [0, 0.1) is 0 Å². The predicted octanol–water partition coefficient (Wildman–Crippen LogP) is 2.15. The Morgan fingerprint density at radius 3 is 2.59 bits per heavy atom. The van der Waals surface area contributed by atoms with E-state index in [2.05, 4.69) is 5.32 Å². The van der Waals surface area contributed by atoms with E-state index in [4.69, 9.17) is 23.2 Å². The number of benzene rings is 1. The minimum Gasteiger partial charge on any atom is -0.378 e. The van der Waals surface area contributed by atoms with E-state index in [0.717, 1.165) is 0 Å². The van der Waals surface area contributed by atoms with E-state index in [0.29, 0.717) is 41.5 Å². The molecule has 1 aromatic carbocycles. The highest BCUT2D eigenvalue weighted by molar-refractivity contribution is 6.34. The van der Waals surface area contributed by atoms with Crippen LogP contribution in [0.1, 0.15) is 31.4 Å². The van der Waals surface area contributed by atoms with Crippen LogP contribution in [0.3, 0.4) is 0 Å². The van der Waals surface area contributed by atoms with Crippen molar-refractivity contribution in [2.45, 2.75) is 31.9 Å². The molecule has 1 aromatic rings. The lowest BCUT2D eigenvalue weighted by molar-refractivity contribution is -0.132. The largest absolute Gasteiger partial charge is 0.378 e. The molecule has 1 aliphatic rings. The molecule has 0 bridgehead atoms. The maximum Gasteiger partial charge on any atom is 0.253 e. The summed E-state index contributed by atoms with van der Waals surface area (Å²) < 4.78 is 0. The van der Waals surface area contributed by atoms with E-state index in [1.165, 1.54) is 18.2 Å². The van der Waals surface area contributed by atoms with E-state index in [1.807, 2.05) is 0 Å². The SMILES string of the molecule is CCC(=O)N1CCC(NC(=O)C(O)c2cc(Cl)cc(Cl)c2)C1. The van der Waals surface area contributed by atoms with Crippen LogP contribution in [0.15, 0.2) is 18.2 Å². The Kier molecular flexibility index (Phi) is 5.67. The van der Waals surface area contributed by atoms with Gasteiger partial charge in [-0.3, -0.25) is 9.59 Å². The van der Waals surface area contributed by atoms with Crippen molar-refractivity contribution in [3.8, 4) is 0 Å². The number of rotatable bonds is 4. The number of aliphatic hydroxyl groups is 1. The van der Waals surface area contributed by atoms with Crippen molar-refractivity contribution in [1.29, 1.82) is 0 Å². The molecule has 2 amide bonds. The van der Waals surface area contributed by atoms with Crippen LogP contribution in [-0.2, 0) is 9.59 Å². The molecular weight excluding hydrogens is 327 g/mol. The van der Waals surface area contributed by atoms with Gasteiger partial charge in [0.1, 0.15) is 0 Å². The Hall–Kier alpha value is -1.30. The van der Waals surface area contributed by atoms with Crippen LogP contribution in [0.4, 0.5) is 0 Å². The normalized spacial score (nSPS) is 19.1. The first-order chi connectivity index (χ1) is 10.4. The highest BCUT2D eigenvalue weighted by Crippen LogP contribution is 2.24. The third-order valence-corrected chi connectivity index (χ3v) is 4.08. The number of amides is 2. The van der Waals surface area contributed by atoms with Gasteiger partial charge in [0.05, 0.1) is 0 Å². The van der Waals surface area contributed by atoms with E-state index in [9.17, 15) is 14.7 Å². The molecule has 1 saturated heterocycles. The minimum atomic E-state index is -1.34. The minimum absolute atomic E-state index is 0.0684. The number of halogens is 2. The highest BCUT2D eigenvalue weighted by Gasteiger charge is 2.28. The molecule has 2 N–H and O–H groups in total. The fourth-order valence-corrected chi connectivity index (χ4v) is 3.04. The standard InChI is InChI=1S/C15H18Cl2N2O3/c1-2-13(20)19-4-3-12(8-19)18-15(22)14(21)9-5-10(16)7-11(17)6-9/h5-7,12,14,21H,2-4,8H2,1H3,(H,18,22). The molecule has 120 valence electrons. The van der Waals surface area contributed by atoms with Crippen LogP contribution >= 0.6 is 23.2 Å². The Bertz CT molecular complexity index is 560. The molecule has 1 aliphatic heterocycles. The second-order valence-corrected chi connectivity index (χ2v) is 6.17. The summed E-state index contributed by atoms with van der Waals surface area (Å²) in [7, 11) is 0. The van der Waals surface area contributed by atoms with E-state index >= 15 is 0 Å². The molecule has 0 aromatic heterocycles. The number of nitrogens with zero attached hydrogens (tertiary/aromatic N) is 1. The maximum atomic E-state index is 12.1. The molecule has 1 heterocycles. The van der Waals surface area contributed by atoms with Crippen LogP contribution in [0.5, 0.6) is 0 Å². The zero-order valence-electron chi connectivity index (χ0n) is 12.2. The van der Waals surface area contributed by atoms with Crippen molar-refractivity contribution in [1.82, 2.24) is 10.2 Å². The van der Waals surface area contributed by atoms with E-state index in [1.54, 1.807) is 11.8 Å². The van der Waals surface area contributed by atoms with Crippen molar-refractivity contribution in [2.24, 2.45) is 0 Å². The lowest BCUT2D eigenvalue weighted by Crippen LogP contribution is -2.40. The zero-order valence-corrected chi connectivity index (χ0v) is 13.7. The average Bonchev–Trinajstić information content (AvgIpc) is 2.93. The summed E-state index contributed by atoms with van der Waals surface area (Å²) in [4.78, 5) is 25.4. The molecule has 0 aliphatic carbocycles. The number of carbonyl (C=O) groups is 2. The van der Waals surface area contributed by atoms with Gasteiger partial charge >= 0.3 is 0 Å². The fraction of sp³-hybridized carbons (Fsp3) is 0.467. The fourth-order valence-electron chi connectivity index (χ4n) is 2.49. The van der Waals surface area contributed by atoms with Gasteiger partial charge in [0.2, 0.25) is 5.91 Å². The molecule has 2 rings (SSSR count). The predicted molar refractivity (Wildman–Crippen MR) is 84.8 cm³/mol. The molecule has 5 nitrogen and oxygen atoms in total. The molecule has 2 atom stereocenters. The lowest BCUT2D eigenvalue weighted by Gasteiger charge is -2.18. The van der Waals surface area contributed by atoms with Gasteiger partial charge in [-0.05, 0) is 30.2 Å². The number of likely N-dealkylation sites (tertiary alicyclic amines) is 1. The zero-order chi connectivity index (χ0) is 16.3. The van der Waals surface area contributed by atoms with Crippen LogP contribution in [0.25, 0.3) is 0 Å². The molecule has 1 fully saturated rings. The second-order valence-electron chi connectivity index (χ2n) is 5.29. The molecular formula is C15H18Cl2N2O3. The van der Waals surface area contributed by atoms with E-state index < -0.39 is 12.0 Å². The second kappa shape index (κ2) is 7.31. The Labute approximate surface area is 139 Å². The average molecular weight is 345 g/mol. The number of hydrogen-bond acceptors (Lipinski definition) is 3. The Morgan fingerprint density at radius 1 is 1.36 bits per heavy atom. The van der Waals surface area contributed by atoms with Crippen molar-refractivity contribution < 1.29 is 14.7 Å². The summed E-state index contributed by atoms with van der Waals surface area (Å²) in [6.45, 7) is 2.90. The summed E-state index contributed by atoms with van der Waals surface area (Å²) in [5.41, 5.74) is 0.342. The highest BCUT2D eigenvalue weighted by atomic mass is 35.5. The van der Waals surface area contributed by atoms with Gasteiger partial charge in [0, 0.05) is 35.6 Å². The quantitative estimate of drug-likeness (QED) is 0.879. The van der Waals surface area contributed by atoms with E-state index in [-0.39, 0.29) is 11.9 Å². The molecule has 2 unspecified atom stereocenters. The Balaban J connectivity index is 1.96. The number of hydrogen-bond donors (Lipinski definition) is 2. The smallest absolute Gasteiger partial charge is 0.253 e. The van der Waals surface area contributed by atoms with Crippen molar-refractivity contribution in [3.05, 3.63) is 33.8 Å². The van der Waals surface area contributed by atoms with Gasteiger partial charge < -0.3 is 15.3 Å². The van der Waals surface area contributed by atoms with Gasteiger partial charge in [-0.15, -0.1) is 0 Å². The topological polar surface area (TPSA) is 69.6 Å². The van der Waals surface area contributed by atoms with Gasteiger partial charge in [-0.2, -0.15) is 0 Å². The first-order valence-corrected chi connectivity index (χ1v) is 7.88. The van der Waals surface area contributed by atoms with Crippen LogP contribution in [0.2, 0.25) is 10.0 Å².